The summed E-state index contributed by atoms with van der Waals surface area (Å²) >= 11 is 0. The molecule has 2 N–H and O–H groups in total. The van der Waals surface area contributed by atoms with E-state index in [1.807, 2.05) is 66.2 Å². The Morgan fingerprint density at radius 1 is 1.00 bits per heavy atom. The molecule has 2 atom stereocenters. The number of rotatable bonds is 7. The number of hydrogen-bond donors (Lipinski definition) is 2. The number of nitrogens with zero attached hydrogens (tertiary/aromatic N) is 2. The van der Waals surface area contributed by atoms with E-state index in [2.05, 4.69) is 10.6 Å². The first-order chi connectivity index (χ1) is 15.0. The smallest absolute Gasteiger partial charge is 0.287 e. The van der Waals surface area contributed by atoms with E-state index in [0.29, 0.717) is 6.42 Å². The van der Waals surface area contributed by atoms with E-state index >= 15 is 0 Å². The zero-order valence-electron chi connectivity index (χ0n) is 17.4. The SMILES string of the molecule is C[C@@H](NC(=O)c1ccco1)C(=O)N[C@@H](Cc1nc2ccccc2n1C)c1ccccc1. The highest BCUT2D eigenvalue weighted by atomic mass is 16.3. The Kier molecular flexibility index (Phi) is 5.84. The molecule has 4 aromatic rings. The highest BCUT2D eigenvalue weighted by Gasteiger charge is 2.23. The number of fused-ring (bicyclic) bond motifs is 1. The van der Waals surface area contributed by atoms with E-state index in [-0.39, 0.29) is 17.7 Å². The molecule has 4 rings (SSSR count). The van der Waals surface area contributed by atoms with Gasteiger partial charge in [0.1, 0.15) is 11.9 Å². The lowest BCUT2D eigenvalue weighted by Gasteiger charge is -2.22. The van der Waals surface area contributed by atoms with Gasteiger partial charge in [-0.25, -0.2) is 4.98 Å². The van der Waals surface area contributed by atoms with Crippen LogP contribution < -0.4 is 10.6 Å². The molecule has 0 aliphatic carbocycles. The van der Waals surface area contributed by atoms with E-state index < -0.39 is 11.9 Å². The normalized spacial score (nSPS) is 13.0. The van der Waals surface area contributed by atoms with Crippen LogP contribution >= 0.6 is 0 Å². The molecular weight excluding hydrogens is 392 g/mol. The van der Waals surface area contributed by atoms with Crippen LogP contribution in [0.15, 0.2) is 77.4 Å². The summed E-state index contributed by atoms with van der Waals surface area (Å²) in [4.78, 5) is 29.9. The number of aromatic nitrogens is 2. The van der Waals surface area contributed by atoms with Gasteiger partial charge in [-0.2, -0.15) is 0 Å². The predicted molar refractivity (Wildman–Crippen MR) is 117 cm³/mol. The van der Waals surface area contributed by atoms with Crippen molar-refractivity contribution in [1.29, 1.82) is 0 Å². The number of hydrogen-bond acceptors (Lipinski definition) is 4. The zero-order valence-corrected chi connectivity index (χ0v) is 17.4. The van der Waals surface area contributed by atoms with E-state index in [4.69, 9.17) is 9.40 Å². The Morgan fingerprint density at radius 2 is 1.74 bits per heavy atom. The maximum Gasteiger partial charge on any atom is 0.287 e. The molecule has 2 heterocycles. The summed E-state index contributed by atoms with van der Waals surface area (Å²) < 4.78 is 7.13. The van der Waals surface area contributed by atoms with Gasteiger partial charge >= 0.3 is 0 Å². The molecular formula is C24H24N4O3. The summed E-state index contributed by atoms with van der Waals surface area (Å²) in [5, 5.41) is 5.74. The van der Waals surface area contributed by atoms with Crippen LogP contribution in [0.3, 0.4) is 0 Å². The fourth-order valence-electron chi connectivity index (χ4n) is 3.54. The molecule has 0 fully saturated rings. The molecule has 0 unspecified atom stereocenters. The third-order valence-electron chi connectivity index (χ3n) is 5.27. The Bertz CT molecular complexity index is 1180. The van der Waals surface area contributed by atoms with Crippen molar-refractivity contribution in [2.75, 3.05) is 0 Å². The molecule has 0 saturated heterocycles. The second kappa shape index (κ2) is 8.87. The van der Waals surface area contributed by atoms with E-state index in [1.165, 1.54) is 6.26 Å². The van der Waals surface area contributed by atoms with E-state index in [1.54, 1.807) is 19.1 Å². The largest absolute Gasteiger partial charge is 0.459 e. The first-order valence-electron chi connectivity index (χ1n) is 10.1. The molecule has 2 aromatic heterocycles. The van der Waals surface area contributed by atoms with Crippen molar-refractivity contribution < 1.29 is 14.0 Å². The molecule has 31 heavy (non-hydrogen) atoms. The second-order valence-corrected chi connectivity index (χ2v) is 7.42. The van der Waals surface area contributed by atoms with E-state index in [0.717, 1.165) is 22.4 Å². The monoisotopic (exact) mass is 416 g/mol. The predicted octanol–water partition coefficient (Wildman–Crippen LogP) is 3.38. The molecule has 0 aliphatic rings. The lowest BCUT2D eigenvalue weighted by Crippen LogP contribution is -2.46. The lowest BCUT2D eigenvalue weighted by atomic mass is 10.0. The minimum absolute atomic E-state index is 0.166. The van der Waals surface area contributed by atoms with Crippen LogP contribution in [0.1, 0.15) is 34.9 Å². The number of aryl methyl sites for hydroxylation is 1. The molecule has 2 amide bonds. The summed E-state index contributed by atoms with van der Waals surface area (Å²) in [6.07, 6.45) is 1.93. The maximum atomic E-state index is 12.9. The van der Waals surface area contributed by atoms with Crippen molar-refractivity contribution >= 4 is 22.8 Å². The van der Waals surface area contributed by atoms with Crippen molar-refractivity contribution in [2.45, 2.75) is 25.4 Å². The summed E-state index contributed by atoms with van der Waals surface area (Å²) in [5.41, 5.74) is 2.92. The number of furan rings is 1. The quantitative estimate of drug-likeness (QED) is 0.483. The fourth-order valence-corrected chi connectivity index (χ4v) is 3.54. The highest BCUT2D eigenvalue weighted by molar-refractivity contribution is 5.95. The highest BCUT2D eigenvalue weighted by Crippen LogP contribution is 2.21. The first kappa shape index (κ1) is 20.4. The average molecular weight is 416 g/mol. The van der Waals surface area contributed by atoms with Crippen molar-refractivity contribution in [3.8, 4) is 0 Å². The molecule has 2 aromatic carbocycles. The minimum atomic E-state index is -0.732. The summed E-state index contributed by atoms with van der Waals surface area (Å²) in [6.45, 7) is 1.65. The van der Waals surface area contributed by atoms with Gasteiger partial charge in [-0.15, -0.1) is 0 Å². The third kappa shape index (κ3) is 4.50. The van der Waals surface area contributed by atoms with Crippen molar-refractivity contribution in [3.05, 3.63) is 90.1 Å². The van der Waals surface area contributed by atoms with Gasteiger partial charge in [0.2, 0.25) is 5.91 Å². The maximum absolute atomic E-state index is 12.9. The topological polar surface area (TPSA) is 89.2 Å². The second-order valence-electron chi connectivity index (χ2n) is 7.42. The summed E-state index contributed by atoms with van der Waals surface area (Å²) in [5.74, 6) is 0.313. The number of carbonyl (C=O) groups is 2. The van der Waals surface area contributed by atoms with Crippen LogP contribution in [0.25, 0.3) is 11.0 Å². The van der Waals surface area contributed by atoms with Gasteiger partial charge in [0.15, 0.2) is 5.76 Å². The van der Waals surface area contributed by atoms with Crippen molar-refractivity contribution in [3.63, 3.8) is 0 Å². The van der Waals surface area contributed by atoms with Crippen LogP contribution in [0.2, 0.25) is 0 Å². The number of imidazole rings is 1. The van der Waals surface area contributed by atoms with Crippen LogP contribution in [0, 0.1) is 0 Å². The standard InChI is InChI=1S/C24H24N4O3/c1-16(25-24(30)21-13-8-14-31-21)23(29)27-19(17-9-4-3-5-10-17)15-22-26-18-11-6-7-12-20(18)28(22)2/h3-14,16,19H,15H2,1-2H3,(H,25,30)(H,27,29)/t16-,19+/m1/s1. The van der Waals surface area contributed by atoms with Gasteiger partial charge in [0, 0.05) is 13.5 Å². The van der Waals surface area contributed by atoms with Crippen LogP contribution in [0.5, 0.6) is 0 Å². The van der Waals surface area contributed by atoms with Gasteiger partial charge < -0.3 is 19.6 Å². The third-order valence-corrected chi connectivity index (χ3v) is 5.27. The fraction of sp³-hybridized carbons (Fsp3) is 0.208. The van der Waals surface area contributed by atoms with Crippen LogP contribution in [0.4, 0.5) is 0 Å². The minimum Gasteiger partial charge on any atom is -0.459 e. The average Bonchev–Trinajstić information content (AvgIpc) is 3.43. The van der Waals surface area contributed by atoms with Crippen LogP contribution in [-0.2, 0) is 18.3 Å². The molecule has 0 aliphatic heterocycles. The van der Waals surface area contributed by atoms with E-state index in [9.17, 15) is 9.59 Å². The Hall–Kier alpha value is -3.87. The number of nitrogens with one attached hydrogen (secondary N) is 2. The number of carbonyl (C=O) groups excluding carboxylic acids is 2. The summed E-state index contributed by atoms with van der Waals surface area (Å²) in [7, 11) is 1.97. The number of para-hydroxylation sites is 2. The van der Waals surface area contributed by atoms with Gasteiger partial charge in [-0.1, -0.05) is 42.5 Å². The lowest BCUT2D eigenvalue weighted by molar-refractivity contribution is -0.123. The Labute approximate surface area is 180 Å². The number of amides is 2. The molecule has 0 radical (unpaired) electrons. The van der Waals surface area contributed by atoms with Gasteiger partial charge in [0.05, 0.1) is 23.3 Å². The van der Waals surface area contributed by atoms with Gasteiger partial charge in [-0.3, -0.25) is 9.59 Å². The Balaban J connectivity index is 1.53. The number of benzene rings is 2. The molecule has 7 nitrogen and oxygen atoms in total. The molecule has 0 saturated carbocycles. The van der Waals surface area contributed by atoms with Crippen molar-refractivity contribution in [2.24, 2.45) is 7.05 Å². The first-order valence-corrected chi connectivity index (χ1v) is 10.1. The molecule has 0 spiro atoms. The van der Waals surface area contributed by atoms with Gasteiger partial charge in [0.25, 0.3) is 5.91 Å². The molecule has 7 heteroatoms. The summed E-state index contributed by atoms with van der Waals surface area (Å²) in [6, 6.07) is 19.8. The Morgan fingerprint density at radius 3 is 2.45 bits per heavy atom. The van der Waals surface area contributed by atoms with Crippen LogP contribution in [-0.4, -0.2) is 27.4 Å². The zero-order chi connectivity index (χ0) is 21.8. The van der Waals surface area contributed by atoms with Gasteiger partial charge in [-0.05, 0) is 36.8 Å². The molecule has 158 valence electrons. The molecule has 0 bridgehead atoms. The van der Waals surface area contributed by atoms with Crippen molar-refractivity contribution in [1.82, 2.24) is 20.2 Å².